The number of hydrogen-bond donors (Lipinski definition) is 1. The van der Waals surface area contributed by atoms with Crippen LogP contribution in [-0.4, -0.2) is 23.8 Å². The monoisotopic (exact) mass is 337 g/mol. The quantitative estimate of drug-likeness (QED) is 0.852. The van der Waals surface area contributed by atoms with Crippen molar-refractivity contribution in [1.29, 1.82) is 0 Å². The van der Waals surface area contributed by atoms with Gasteiger partial charge in [0.2, 0.25) is 5.91 Å². The van der Waals surface area contributed by atoms with Crippen molar-refractivity contribution < 1.29 is 19.5 Å². The van der Waals surface area contributed by atoms with Gasteiger partial charge in [-0.25, -0.2) is 4.90 Å². The molecule has 0 saturated carbocycles. The second-order valence-electron chi connectivity index (χ2n) is 6.08. The topological polar surface area (TPSA) is 89.5 Å². The zero-order valence-electron chi connectivity index (χ0n) is 13.9. The van der Waals surface area contributed by atoms with E-state index < -0.39 is 12.0 Å². The molecule has 1 heterocycles. The Morgan fingerprint density at radius 3 is 2.40 bits per heavy atom. The zero-order valence-corrected chi connectivity index (χ0v) is 13.9. The number of carboxylic acid groups (broad SMARTS) is 1. The van der Waals surface area contributed by atoms with Crippen LogP contribution in [-0.2, 0) is 9.59 Å². The minimum atomic E-state index is -1.30. The van der Waals surface area contributed by atoms with E-state index in [0.717, 1.165) is 11.1 Å². The Labute approximate surface area is 145 Å². The van der Waals surface area contributed by atoms with Crippen LogP contribution in [0.1, 0.15) is 27.9 Å². The molecule has 0 radical (unpaired) electrons. The number of carboxylic acids is 1. The van der Waals surface area contributed by atoms with Gasteiger partial charge in [-0.3, -0.25) is 9.59 Å². The Hall–Kier alpha value is -3.15. The maximum absolute atomic E-state index is 12.8. The fourth-order valence-corrected chi connectivity index (χ4v) is 3.08. The molecule has 0 aliphatic carbocycles. The molecule has 1 saturated heterocycles. The van der Waals surface area contributed by atoms with Gasteiger partial charge < -0.3 is 15.2 Å². The van der Waals surface area contributed by atoms with E-state index in [1.54, 1.807) is 12.1 Å². The molecule has 128 valence electrons. The fraction of sp³-hybridized carbons (Fsp3) is 0.211. The van der Waals surface area contributed by atoms with Crippen molar-refractivity contribution in [3.8, 4) is 0 Å². The molecule has 0 bridgehead atoms. The number of imide groups is 1. The molecule has 2 aromatic carbocycles. The minimum Gasteiger partial charge on any atom is -0.545 e. The van der Waals surface area contributed by atoms with Crippen LogP contribution in [0.4, 0.5) is 11.4 Å². The summed E-state index contributed by atoms with van der Waals surface area (Å²) in [6.45, 7) is 3.71. The maximum Gasteiger partial charge on any atom is 0.256 e. The van der Waals surface area contributed by atoms with Gasteiger partial charge in [0.1, 0.15) is 6.04 Å². The third-order valence-corrected chi connectivity index (χ3v) is 4.25. The average Bonchev–Trinajstić information content (AvgIpc) is 2.82. The molecule has 3 rings (SSSR count). The number of benzene rings is 2. The van der Waals surface area contributed by atoms with Gasteiger partial charge in [0.25, 0.3) is 5.91 Å². The van der Waals surface area contributed by atoms with Crippen LogP contribution in [0.5, 0.6) is 0 Å². The predicted molar refractivity (Wildman–Crippen MR) is 91.2 cm³/mol. The Bertz CT molecular complexity index is 855. The molecule has 2 amide bonds. The van der Waals surface area contributed by atoms with E-state index in [4.69, 9.17) is 0 Å². The minimum absolute atomic E-state index is 0.00776. The highest BCUT2D eigenvalue weighted by atomic mass is 16.4. The second-order valence-corrected chi connectivity index (χ2v) is 6.08. The number of aryl methyl sites for hydroxylation is 2. The highest BCUT2D eigenvalue weighted by Gasteiger charge is 2.40. The molecule has 0 unspecified atom stereocenters. The van der Waals surface area contributed by atoms with Gasteiger partial charge in [0.15, 0.2) is 0 Å². The number of amides is 2. The summed E-state index contributed by atoms with van der Waals surface area (Å²) in [6.07, 6.45) is 0.0160. The molecular weight excluding hydrogens is 320 g/mol. The lowest BCUT2D eigenvalue weighted by molar-refractivity contribution is -0.255. The van der Waals surface area contributed by atoms with Crippen molar-refractivity contribution in [2.45, 2.75) is 26.3 Å². The van der Waals surface area contributed by atoms with Crippen LogP contribution < -0.4 is 15.3 Å². The zero-order chi connectivity index (χ0) is 18.1. The van der Waals surface area contributed by atoms with Crippen LogP contribution in [0.3, 0.4) is 0 Å². The number of anilines is 2. The SMILES string of the molecule is Cc1cccc(C)c1N1C(=O)C[C@@H](Nc2cccc(C(=O)[O-])c2)C1=O. The first kappa shape index (κ1) is 16.7. The lowest BCUT2D eigenvalue weighted by atomic mass is 10.1. The van der Waals surface area contributed by atoms with Crippen LogP contribution in [0, 0.1) is 13.8 Å². The van der Waals surface area contributed by atoms with E-state index in [0.29, 0.717) is 11.4 Å². The van der Waals surface area contributed by atoms with Gasteiger partial charge in [-0.2, -0.15) is 0 Å². The Morgan fingerprint density at radius 2 is 1.76 bits per heavy atom. The third kappa shape index (κ3) is 3.10. The van der Waals surface area contributed by atoms with E-state index in [-0.39, 0.29) is 23.8 Å². The first-order chi connectivity index (χ1) is 11.9. The van der Waals surface area contributed by atoms with Crippen LogP contribution in [0.2, 0.25) is 0 Å². The number of aromatic carboxylic acids is 1. The number of para-hydroxylation sites is 1. The summed E-state index contributed by atoms with van der Waals surface area (Å²) in [7, 11) is 0. The van der Waals surface area contributed by atoms with Crippen molar-refractivity contribution in [3.05, 3.63) is 59.2 Å². The van der Waals surface area contributed by atoms with Gasteiger partial charge in [0.05, 0.1) is 18.1 Å². The van der Waals surface area contributed by atoms with Gasteiger partial charge in [0, 0.05) is 5.69 Å². The smallest absolute Gasteiger partial charge is 0.256 e. The first-order valence-electron chi connectivity index (χ1n) is 7.89. The number of carbonyl (C=O) groups excluding carboxylic acids is 3. The van der Waals surface area contributed by atoms with Crippen molar-refractivity contribution >= 4 is 29.2 Å². The molecule has 0 spiro atoms. The number of hydrogen-bond acceptors (Lipinski definition) is 5. The molecular formula is C19H17N2O4-. The molecule has 25 heavy (non-hydrogen) atoms. The van der Waals surface area contributed by atoms with Gasteiger partial charge >= 0.3 is 0 Å². The molecule has 1 N–H and O–H groups in total. The van der Waals surface area contributed by atoms with E-state index in [1.807, 2.05) is 32.0 Å². The van der Waals surface area contributed by atoms with E-state index >= 15 is 0 Å². The van der Waals surface area contributed by atoms with Crippen LogP contribution in [0.15, 0.2) is 42.5 Å². The van der Waals surface area contributed by atoms with Gasteiger partial charge in [-0.05, 0) is 42.7 Å². The number of nitrogens with one attached hydrogen (secondary N) is 1. The molecule has 6 nitrogen and oxygen atoms in total. The molecule has 2 aromatic rings. The molecule has 1 fully saturated rings. The largest absolute Gasteiger partial charge is 0.545 e. The van der Waals surface area contributed by atoms with Crippen LogP contribution >= 0.6 is 0 Å². The lowest BCUT2D eigenvalue weighted by Crippen LogP contribution is -2.35. The van der Waals surface area contributed by atoms with Gasteiger partial charge in [-0.15, -0.1) is 0 Å². The molecule has 1 aliphatic heterocycles. The number of nitrogens with zero attached hydrogens (tertiary/aromatic N) is 1. The summed E-state index contributed by atoms with van der Waals surface area (Å²) in [4.78, 5) is 37.3. The average molecular weight is 337 g/mol. The highest BCUT2D eigenvalue weighted by Crippen LogP contribution is 2.30. The summed E-state index contributed by atoms with van der Waals surface area (Å²) in [6, 6.07) is 10.8. The summed E-state index contributed by atoms with van der Waals surface area (Å²) >= 11 is 0. The summed E-state index contributed by atoms with van der Waals surface area (Å²) in [5, 5.41) is 13.9. The van der Waals surface area contributed by atoms with Crippen molar-refractivity contribution in [1.82, 2.24) is 0 Å². The van der Waals surface area contributed by atoms with E-state index in [9.17, 15) is 19.5 Å². The number of carbonyl (C=O) groups is 3. The lowest BCUT2D eigenvalue weighted by Gasteiger charge is -2.20. The standard InChI is InChI=1S/C19H18N2O4/c1-11-5-3-6-12(2)17(11)21-16(22)10-15(18(21)23)20-14-8-4-7-13(9-14)19(24)25/h3-9,15,20H,10H2,1-2H3,(H,24,25)/p-1/t15-/m1/s1. The highest BCUT2D eigenvalue weighted by molar-refractivity contribution is 6.23. The Kier molecular flexibility index (Phi) is 4.27. The van der Waals surface area contributed by atoms with Crippen LogP contribution in [0.25, 0.3) is 0 Å². The van der Waals surface area contributed by atoms with Crippen molar-refractivity contribution in [2.24, 2.45) is 0 Å². The molecule has 6 heteroatoms. The van der Waals surface area contributed by atoms with E-state index in [1.165, 1.54) is 17.0 Å². The molecule has 1 aliphatic rings. The molecule has 1 atom stereocenters. The Balaban J connectivity index is 1.87. The fourth-order valence-electron chi connectivity index (χ4n) is 3.08. The third-order valence-electron chi connectivity index (χ3n) is 4.25. The Morgan fingerprint density at radius 1 is 1.12 bits per heavy atom. The normalized spacial score (nSPS) is 17.0. The maximum atomic E-state index is 12.8. The molecule has 0 aromatic heterocycles. The summed E-state index contributed by atoms with van der Waals surface area (Å²) < 4.78 is 0. The van der Waals surface area contributed by atoms with Crippen molar-refractivity contribution in [2.75, 3.05) is 10.2 Å². The van der Waals surface area contributed by atoms with Crippen molar-refractivity contribution in [3.63, 3.8) is 0 Å². The summed E-state index contributed by atoms with van der Waals surface area (Å²) in [5.74, 6) is -1.92. The second kappa shape index (κ2) is 6.39. The van der Waals surface area contributed by atoms with E-state index in [2.05, 4.69) is 5.32 Å². The predicted octanol–water partition coefficient (Wildman–Crippen LogP) is 1.41. The first-order valence-corrected chi connectivity index (χ1v) is 7.89. The van der Waals surface area contributed by atoms with Gasteiger partial charge in [-0.1, -0.05) is 30.3 Å². The number of rotatable bonds is 4. The summed E-state index contributed by atoms with van der Waals surface area (Å²) in [5.41, 5.74) is 2.78.